The van der Waals surface area contributed by atoms with Gasteiger partial charge in [0, 0.05) is 18.2 Å². The summed E-state index contributed by atoms with van der Waals surface area (Å²) in [5, 5.41) is 12.0. The lowest BCUT2D eigenvalue weighted by atomic mass is 10.1. The van der Waals surface area contributed by atoms with Gasteiger partial charge in [0.25, 0.3) is 0 Å². The van der Waals surface area contributed by atoms with Crippen LogP contribution in [-0.2, 0) is 24.0 Å². The van der Waals surface area contributed by atoms with E-state index in [0.717, 1.165) is 12.1 Å². The van der Waals surface area contributed by atoms with Crippen LogP contribution in [0.2, 0.25) is 10.0 Å². The van der Waals surface area contributed by atoms with Crippen molar-refractivity contribution in [3.8, 4) is 5.75 Å². The highest BCUT2D eigenvalue weighted by molar-refractivity contribution is 6.37. The van der Waals surface area contributed by atoms with Crippen LogP contribution in [0.25, 0.3) is 0 Å². The van der Waals surface area contributed by atoms with Crippen molar-refractivity contribution in [1.82, 2.24) is 0 Å². The molecule has 0 fully saturated rings. The highest BCUT2D eigenvalue weighted by atomic mass is 35.5. The molecule has 0 heterocycles. The Labute approximate surface area is 176 Å². The molecule has 29 heavy (non-hydrogen) atoms. The molecule has 0 aliphatic carbocycles. The average molecular weight is 450 g/mol. The van der Waals surface area contributed by atoms with Gasteiger partial charge in [-0.2, -0.15) is 13.2 Å². The van der Waals surface area contributed by atoms with Gasteiger partial charge in [-0.3, -0.25) is 4.79 Å². The van der Waals surface area contributed by atoms with E-state index in [4.69, 9.17) is 33.0 Å². The van der Waals surface area contributed by atoms with E-state index in [-0.39, 0.29) is 41.3 Å². The topological polar surface area (TPSA) is 58.6 Å². The molecular weight excluding hydrogens is 430 g/mol. The molecule has 2 N–H and O–H groups in total. The van der Waals surface area contributed by atoms with Crippen molar-refractivity contribution in [2.45, 2.75) is 45.5 Å². The molecule has 2 aromatic carbocycles. The highest BCUT2D eigenvalue weighted by Crippen LogP contribution is 2.36. The van der Waals surface area contributed by atoms with E-state index >= 15 is 0 Å². The number of nitrogens with one attached hydrogen (secondary N) is 1. The number of carboxylic acids is 1. The molecule has 0 saturated heterocycles. The van der Waals surface area contributed by atoms with Crippen LogP contribution in [0.4, 0.5) is 18.9 Å². The Morgan fingerprint density at radius 2 is 1.72 bits per heavy atom. The number of rotatable bonds is 8. The minimum absolute atomic E-state index is 0.0468. The largest absolute Gasteiger partial charge is 0.486 e. The second-order valence-corrected chi connectivity index (χ2v) is 7.60. The second kappa shape index (κ2) is 9.59. The number of anilines is 1. The van der Waals surface area contributed by atoms with Crippen LogP contribution in [0.5, 0.6) is 5.75 Å². The van der Waals surface area contributed by atoms with Crippen molar-refractivity contribution in [2.75, 3.05) is 5.32 Å². The molecule has 0 aromatic heterocycles. The number of aliphatic carboxylic acids is 1. The van der Waals surface area contributed by atoms with Gasteiger partial charge in [0.1, 0.15) is 6.61 Å². The van der Waals surface area contributed by atoms with Gasteiger partial charge in [-0.25, -0.2) is 0 Å². The van der Waals surface area contributed by atoms with Crippen molar-refractivity contribution in [3.63, 3.8) is 0 Å². The Balaban J connectivity index is 2.23. The molecule has 2 rings (SSSR count). The second-order valence-electron chi connectivity index (χ2n) is 6.79. The van der Waals surface area contributed by atoms with Crippen molar-refractivity contribution >= 4 is 34.9 Å². The summed E-state index contributed by atoms with van der Waals surface area (Å²) in [4.78, 5) is 10.7. The van der Waals surface area contributed by atoms with Crippen LogP contribution >= 0.6 is 23.2 Å². The zero-order valence-corrected chi connectivity index (χ0v) is 17.3. The van der Waals surface area contributed by atoms with Crippen LogP contribution in [-0.4, -0.2) is 17.1 Å². The molecule has 0 bridgehead atoms. The quantitative estimate of drug-likeness (QED) is 0.487. The summed E-state index contributed by atoms with van der Waals surface area (Å²) in [7, 11) is 0. The molecule has 158 valence electrons. The lowest BCUT2D eigenvalue weighted by molar-refractivity contribution is -0.138. The molecule has 9 heteroatoms. The SMILES string of the molecule is CC(C)Nc1cc(COc2c(Cl)cc(CCC(=O)O)cc2Cl)cc(C(F)(F)F)c1. The van der Waals surface area contributed by atoms with Gasteiger partial charge >= 0.3 is 12.1 Å². The minimum Gasteiger partial charge on any atom is -0.486 e. The third-order valence-electron chi connectivity index (χ3n) is 3.84. The number of carbonyl (C=O) groups is 1. The van der Waals surface area contributed by atoms with Crippen LogP contribution in [0.3, 0.4) is 0 Å². The van der Waals surface area contributed by atoms with Crippen LogP contribution < -0.4 is 10.1 Å². The molecule has 4 nitrogen and oxygen atoms in total. The van der Waals surface area contributed by atoms with E-state index in [9.17, 15) is 18.0 Å². The molecule has 0 unspecified atom stereocenters. The maximum atomic E-state index is 13.2. The van der Waals surface area contributed by atoms with Crippen LogP contribution in [0.15, 0.2) is 30.3 Å². The Bertz CT molecular complexity index is 863. The number of hydrogen-bond acceptors (Lipinski definition) is 3. The maximum absolute atomic E-state index is 13.2. The number of benzene rings is 2. The van der Waals surface area contributed by atoms with E-state index in [1.807, 2.05) is 13.8 Å². The van der Waals surface area contributed by atoms with Gasteiger partial charge in [0.05, 0.1) is 15.6 Å². The fourth-order valence-corrected chi connectivity index (χ4v) is 3.30. The van der Waals surface area contributed by atoms with E-state index in [1.54, 1.807) is 6.07 Å². The molecule has 0 aliphatic rings. The first kappa shape index (κ1) is 23.2. The Morgan fingerprint density at radius 3 is 2.24 bits per heavy atom. The molecular formula is C20H20Cl2F3NO3. The van der Waals surface area contributed by atoms with Gasteiger partial charge < -0.3 is 15.2 Å². The van der Waals surface area contributed by atoms with Crippen LogP contribution in [0.1, 0.15) is 37.0 Å². The maximum Gasteiger partial charge on any atom is 0.416 e. The van der Waals surface area contributed by atoms with Gasteiger partial charge in [0.15, 0.2) is 5.75 Å². The molecule has 0 spiro atoms. The summed E-state index contributed by atoms with van der Waals surface area (Å²) >= 11 is 12.3. The standard InChI is InChI=1S/C20H20Cl2F3NO3/c1-11(2)26-15-6-13(5-14(9-15)20(23,24)25)10-29-19-16(21)7-12(8-17(19)22)3-4-18(27)28/h5-9,11,26H,3-4,10H2,1-2H3,(H,27,28). The first-order chi connectivity index (χ1) is 13.5. The van der Waals surface area contributed by atoms with Crippen LogP contribution in [0, 0.1) is 0 Å². The molecule has 0 aliphatic heterocycles. The van der Waals surface area contributed by atoms with E-state index in [0.29, 0.717) is 16.8 Å². The average Bonchev–Trinajstić information content (AvgIpc) is 2.57. The predicted molar refractivity (Wildman–Crippen MR) is 107 cm³/mol. The number of carboxylic acid groups (broad SMARTS) is 1. The van der Waals surface area contributed by atoms with Crippen molar-refractivity contribution in [3.05, 3.63) is 57.1 Å². The zero-order chi connectivity index (χ0) is 21.8. The Morgan fingerprint density at radius 1 is 1.10 bits per heavy atom. The summed E-state index contributed by atoms with van der Waals surface area (Å²) in [5.41, 5.74) is 0.458. The third kappa shape index (κ3) is 7.01. The first-order valence-electron chi connectivity index (χ1n) is 8.76. The summed E-state index contributed by atoms with van der Waals surface area (Å²) < 4.78 is 45.2. The minimum atomic E-state index is -4.50. The normalized spacial score (nSPS) is 11.6. The van der Waals surface area contributed by atoms with Gasteiger partial charge in [-0.1, -0.05) is 23.2 Å². The highest BCUT2D eigenvalue weighted by Gasteiger charge is 2.31. The predicted octanol–water partition coefficient (Wildman–Crippen LogP) is 6.43. The summed E-state index contributed by atoms with van der Waals surface area (Å²) in [5.74, 6) is -0.823. The van der Waals surface area contributed by atoms with Gasteiger partial charge in [-0.15, -0.1) is 0 Å². The van der Waals surface area contributed by atoms with E-state index < -0.39 is 17.7 Å². The molecule has 0 saturated carbocycles. The number of aryl methyl sites for hydroxylation is 1. The lowest BCUT2D eigenvalue weighted by Crippen LogP contribution is -2.13. The van der Waals surface area contributed by atoms with Crippen molar-refractivity contribution in [2.24, 2.45) is 0 Å². The fraction of sp³-hybridized carbons (Fsp3) is 0.350. The number of halogens is 5. The molecule has 0 radical (unpaired) electrons. The molecule has 0 atom stereocenters. The monoisotopic (exact) mass is 449 g/mol. The first-order valence-corrected chi connectivity index (χ1v) is 9.51. The number of alkyl halides is 3. The smallest absolute Gasteiger partial charge is 0.416 e. The Hall–Kier alpha value is -2.12. The van der Waals surface area contributed by atoms with Gasteiger partial charge in [-0.05, 0) is 61.7 Å². The lowest BCUT2D eigenvalue weighted by Gasteiger charge is -2.17. The van der Waals surface area contributed by atoms with Crippen molar-refractivity contribution in [1.29, 1.82) is 0 Å². The third-order valence-corrected chi connectivity index (χ3v) is 4.41. The molecule has 0 amide bonds. The fourth-order valence-electron chi connectivity index (χ4n) is 2.66. The summed E-state index contributed by atoms with van der Waals surface area (Å²) in [6, 6.07) is 6.63. The zero-order valence-electron chi connectivity index (χ0n) is 15.7. The summed E-state index contributed by atoms with van der Waals surface area (Å²) in [6.45, 7) is 3.47. The number of hydrogen-bond donors (Lipinski definition) is 2. The number of ether oxygens (including phenoxy) is 1. The molecule has 2 aromatic rings. The van der Waals surface area contributed by atoms with Gasteiger partial charge in [0.2, 0.25) is 0 Å². The van der Waals surface area contributed by atoms with Crippen molar-refractivity contribution < 1.29 is 27.8 Å². The van der Waals surface area contributed by atoms with E-state index in [2.05, 4.69) is 5.32 Å². The Kier molecular flexibility index (Phi) is 7.66. The summed E-state index contributed by atoms with van der Waals surface area (Å²) in [6.07, 6.45) is -4.33. The van der Waals surface area contributed by atoms with E-state index in [1.165, 1.54) is 12.1 Å².